The Hall–Kier alpha value is -3.61. The van der Waals surface area contributed by atoms with Gasteiger partial charge in [0.2, 0.25) is 5.75 Å². The van der Waals surface area contributed by atoms with Crippen LogP contribution in [0.25, 0.3) is 17.0 Å². The van der Waals surface area contributed by atoms with Gasteiger partial charge in [0.15, 0.2) is 28.8 Å². The van der Waals surface area contributed by atoms with Crippen LogP contribution in [-0.4, -0.2) is 46.3 Å². The summed E-state index contributed by atoms with van der Waals surface area (Å²) in [7, 11) is 7.71. The number of nitrogens with one attached hydrogen (secondary N) is 1. The maximum absolute atomic E-state index is 12.7. The Bertz CT molecular complexity index is 1040. The fourth-order valence-electron chi connectivity index (χ4n) is 3.16. The van der Waals surface area contributed by atoms with Gasteiger partial charge in [-0.05, 0) is 36.4 Å². The highest BCUT2D eigenvalue weighted by molar-refractivity contribution is 6.08. The van der Waals surface area contributed by atoms with Crippen molar-refractivity contribution in [2.45, 2.75) is 0 Å². The standard InChI is InChI=1S/C22H23NO6/c1-25-17-9-7-15-13(12-23-20(15)22(17)29-5)6-8-16(24)14-10-18(26-2)21(28-4)19(11-14)27-3/h6-12,23H,1-5H3. The summed E-state index contributed by atoms with van der Waals surface area (Å²) in [5.41, 5.74) is 2.07. The van der Waals surface area contributed by atoms with E-state index in [4.69, 9.17) is 23.7 Å². The molecule has 7 nitrogen and oxygen atoms in total. The molecular weight excluding hydrogens is 374 g/mol. The van der Waals surface area contributed by atoms with Crippen molar-refractivity contribution in [2.75, 3.05) is 35.5 Å². The van der Waals surface area contributed by atoms with Crippen LogP contribution in [0.1, 0.15) is 15.9 Å². The van der Waals surface area contributed by atoms with Crippen LogP contribution in [0.5, 0.6) is 28.7 Å². The maximum atomic E-state index is 12.7. The summed E-state index contributed by atoms with van der Waals surface area (Å²) < 4.78 is 26.7. The third-order valence-corrected chi connectivity index (χ3v) is 4.59. The molecule has 1 aromatic heterocycles. The average molecular weight is 397 g/mol. The van der Waals surface area contributed by atoms with Gasteiger partial charge in [-0.3, -0.25) is 4.79 Å². The molecule has 1 N–H and O–H groups in total. The SMILES string of the molecule is COc1cc(C(=O)C=Cc2c[nH]c3c(OC)c(OC)ccc23)cc(OC)c1OC. The van der Waals surface area contributed by atoms with Crippen LogP contribution < -0.4 is 23.7 Å². The van der Waals surface area contributed by atoms with Crippen LogP contribution in [0.2, 0.25) is 0 Å². The molecule has 3 aromatic rings. The summed E-state index contributed by atoms with van der Waals surface area (Å²) >= 11 is 0. The highest BCUT2D eigenvalue weighted by atomic mass is 16.5. The molecule has 0 aliphatic heterocycles. The Balaban J connectivity index is 1.95. The van der Waals surface area contributed by atoms with Crippen molar-refractivity contribution >= 4 is 22.8 Å². The van der Waals surface area contributed by atoms with Crippen molar-refractivity contribution in [3.05, 3.63) is 47.7 Å². The molecule has 1 heterocycles. The fourth-order valence-corrected chi connectivity index (χ4v) is 3.16. The van der Waals surface area contributed by atoms with Gasteiger partial charge in [-0.25, -0.2) is 0 Å². The summed E-state index contributed by atoms with van der Waals surface area (Å²) in [5, 5.41) is 0.914. The minimum absolute atomic E-state index is 0.195. The minimum atomic E-state index is -0.195. The largest absolute Gasteiger partial charge is 0.493 e. The van der Waals surface area contributed by atoms with Gasteiger partial charge < -0.3 is 28.7 Å². The van der Waals surface area contributed by atoms with Gasteiger partial charge in [0.25, 0.3) is 0 Å². The van der Waals surface area contributed by atoms with Gasteiger partial charge in [0.05, 0.1) is 41.1 Å². The second-order valence-electron chi connectivity index (χ2n) is 6.08. The fraction of sp³-hybridized carbons (Fsp3) is 0.227. The van der Waals surface area contributed by atoms with E-state index in [0.717, 1.165) is 16.5 Å². The van der Waals surface area contributed by atoms with Crippen molar-refractivity contribution in [2.24, 2.45) is 0 Å². The van der Waals surface area contributed by atoms with Crippen molar-refractivity contribution in [3.63, 3.8) is 0 Å². The number of carbonyl (C=O) groups excluding carboxylic acids is 1. The van der Waals surface area contributed by atoms with E-state index < -0.39 is 0 Å². The summed E-state index contributed by atoms with van der Waals surface area (Å²) in [4.78, 5) is 15.9. The third kappa shape index (κ3) is 3.71. The van der Waals surface area contributed by atoms with E-state index in [1.54, 1.807) is 32.4 Å². The predicted molar refractivity (Wildman–Crippen MR) is 111 cm³/mol. The lowest BCUT2D eigenvalue weighted by molar-refractivity contribution is 0.104. The number of ether oxygens (including phenoxy) is 5. The van der Waals surface area contributed by atoms with Crippen molar-refractivity contribution in [1.29, 1.82) is 0 Å². The Labute approximate surface area is 168 Å². The molecule has 0 aliphatic carbocycles. The highest BCUT2D eigenvalue weighted by Crippen LogP contribution is 2.39. The first kappa shape index (κ1) is 20.1. The Morgan fingerprint density at radius 2 is 1.45 bits per heavy atom. The summed E-state index contributed by atoms with van der Waals surface area (Å²) in [6.45, 7) is 0. The number of aromatic nitrogens is 1. The number of methoxy groups -OCH3 is 5. The summed E-state index contributed by atoms with van der Waals surface area (Å²) in [5.74, 6) is 2.33. The highest BCUT2D eigenvalue weighted by Gasteiger charge is 2.16. The normalized spacial score (nSPS) is 10.9. The molecule has 7 heteroatoms. The average Bonchev–Trinajstić information content (AvgIpc) is 3.18. The van der Waals surface area contributed by atoms with Crippen molar-refractivity contribution < 1.29 is 28.5 Å². The second-order valence-corrected chi connectivity index (χ2v) is 6.08. The van der Waals surface area contributed by atoms with E-state index in [9.17, 15) is 4.79 Å². The molecule has 0 atom stereocenters. The number of benzene rings is 2. The molecule has 0 unspecified atom stereocenters. The molecule has 0 aliphatic rings. The van der Waals surface area contributed by atoms with E-state index in [1.807, 2.05) is 18.3 Å². The number of aromatic amines is 1. The lowest BCUT2D eigenvalue weighted by atomic mass is 10.1. The van der Waals surface area contributed by atoms with E-state index >= 15 is 0 Å². The van der Waals surface area contributed by atoms with Gasteiger partial charge in [0, 0.05) is 22.7 Å². The summed E-state index contributed by atoms with van der Waals surface area (Å²) in [6.07, 6.45) is 5.06. The molecule has 2 aromatic carbocycles. The van der Waals surface area contributed by atoms with E-state index in [2.05, 4.69) is 4.98 Å². The van der Waals surface area contributed by atoms with Gasteiger partial charge in [-0.15, -0.1) is 0 Å². The van der Waals surface area contributed by atoms with E-state index in [1.165, 1.54) is 27.4 Å². The van der Waals surface area contributed by atoms with Crippen LogP contribution in [0.4, 0.5) is 0 Å². The molecule has 0 spiro atoms. The molecule has 152 valence electrons. The monoisotopic (exact) mass is 397 g/mol. The smallest absolute Gasteiger partial charge is 0.203 e. The molecule has 0 fully saturated rings. The number of ketones is 1. The zero-order valence-corrected chi connectivity index (χ0v) is 17.0. The zero-order valence-electron chi connectivity index (χ0n) is 17.0. The summed E-state index contributed by atoms with van der Waals surface area (Å²) in [6, 6.07) is 6.98. The minimum Gasteiger partial charge on any atom is -0.493 e. The van der Waals surface area contributed by atoms with Crippen molar-refractivity contribution in [3.8, 4) is 28.7 Å². The number of allylic oxidation sites excluding steroid dienone is 1. The number of fused-ring (bicyclic) bond motifs is 1. The maximum Gasteiger partial charge on any atom is 0.203 e. The van der Waals surface area contributed by atoms with Crippen LogP contribution in [0.15, 0.2) is 36.5 Å². The predicted octanol–water partition coefficient (Wildman–Crippen LogP) is 4.11. The number of hydrogen-bond donors (Lipinski definition) is 1. The molecule has 0 saturated heterocycles. The molecule has 29 heavy (non-hydrogen) atoms. The number of hydrogen-bond acceptors (Lipinski definition) is 6. The second kappa shape index (κ2) is 8.60. The van der Waals surface area contributed by atoms with E-state index in [0.29, 0.717) is 34.3 Å². The van der Waals surface area contributed by atoms with Crippen LogP contribution in [0.3, 0.4) is 0 Å². The first-order chi connectivity index (χ1) is 14.1. The number of rotatable bonds is 8. The molecule has 0 saturated carbocycles. The van der Waals surface area contributed by atoms with Gasteiger partial charge in [-0.1, -0.05) is 0 Å². The quantitative estimate of drug-likeness (QED) is 0.455. The third-order valence-electron chi connectivity index (χ3n) is 4.59. The zero-order chi connectivity index (χ0) is 21.0. The van der Waals surface area contributed by atoms with Crippen molar-refractivity contribution in [1.82, 2.24) is 4.98 Å². The molecule has 0 amide bonds. The van der Waals surface area contributed by atoms with Crippen LogP contribution in [0, 0.1) is 0 Å². The topological polar surface area (TPSA) is 79.0 Å². The first-order valence-electron chi connectivity index (χ1n) is 8.82. The Morgan fingerprint density at radius 3 is 2.00 bits per heavy atom. The first-order valence-corrected chi connectivity index (χ1v) is 8.82. The Kier molecular flexibility index (Phi) is 5.97. The van der Waals surface area contributed by atoms with Gasteiger partial charge >= 0.3 is 0 Å². The lowest BCUT2D eigenvalue weighted by Crippen LogP contribution is -2.00. The van der Waals surface area contributed by atoms with Gasteiger partial charge in [0.1, 0.15) is 0 Å². The molecule has 3 rings (SSSR count). The number of carbonyl (C=O) groups is 1. The molecule has 0 bridgehead atoms. The lowest BCUT2D eigenvalue weighted by Gasteiger charge is -2.13. The van der Waals surface area contributed by atoms with Crippen LogP contribution >= 0.6 is 0 Å². The van der Waals surface area contributed by atoms with E-state index in [-0.39, 0.29) is 5.78 Å². The van der Waals surface area contributed by atoms with Crippen LogP contribution in [-0.2, 0) is 0 Å². The molecule has 0 radical (unpaired) electrons. The Morgan fingerprint density at radius 1 is 0.828 bits per heavy atom. The molecular formula is C22H23NO6. The number of H-pyrrole nitrogens is 1. The van der Waals surface area contributed by atoms with Gasteiger partial charge in [-0.2, -0.15) is 0 Å².